The summed E-state index contributed by atoms with van der Waals surface area (Å²) in [4.78, 5) is 10.3. The molecule has 0 saturated heterocycles. The van der Waals surface area contributed by atoms with E-state index in [9.17, 15) is 13.6 Å². The van der Waals surface area contributed by atoms with Crippen LogP contribution in [0.15, 0.2) is 0 Å². The van der Waals surface area contributed by atoms with E-state index in [0.29, 0.717) is 0 Å². The van der Waals surface area contributed by atoms with Gasteiger partial charge < -0.3 is 4.74 Å². The molecule has 5 heteroatoms. The molecule has 0 N–H and O–H groups in total. The fourth-order valence-corrected chi connectivity index (χ4v) is 0.464. The van der Waals surface area contributed by atoms with Gasteiger partial charge in [-0.2, -0.15) is 14.0 Å². The van der Waals surface area contributed by atoms with Crippen molar-refractivity contribution >= 4 is 5.97 Å². The molecule has 0 saturated carbocycles. The Bertz CT molecular complexity index is 186. The molecule has 0 fully saturated rings. The maximum atomic E-state index is 12.4. The number of hydrogen-bond acceptors (Lipinski definition) is 3. The van der Waals surface area contributed by atoms with Gasteiger partial charge >= 0.3 is 11.9 Å². The SMILES string of the molecule is COC(=O)C(F)(F)CCC#N. The number of alkyl halides is 2. The first-order valence-electron chi connectivity index (χ1n) is 2.88. The number of carbonyl (C=O) groups excluding carboxylic acids is 1. The molecule has 0 aromatic heterocycles. The van der Waals surface area contributed by atoms with Crippen molar-refractivity contribution < 1.29 is 18.3 Å². The highest BCUT2D eigenvalue weighted by Gasteiger charge is 2.39. The average Bonchev–Trinajstić information content (AvgIpc) is 1.99. The topological polar surface area (TPSA) is 50.1 Å². The summed E-state index contributed by atoms with van der Waals surface area (Å²) < 4.78 is 28.6. The predicted octanol–water partition coefficient (Wildman–Crippen LogP) is 1.10. The second-order valence-electron chi connectivity index (χ2n) is 1.85. The third kappa shape index (κ3) is 2.94. The smallest absolute Gasteiger partial charge is 0.376 e. The molecule has 0 spiro atoms. The largest absolute Gasteiger partial charge is 0.465 e. The van der Waals surface area contributed by atoms with Crippen molar-refractivity contribution in [2.45, 2.75) is 18.8 Å². The number of nitrogens with zero attached hydrogens (tertiary/aromatic N) is 1. The zero-order valence-electron chi connectivity index (χ0n) is 5.93. The number of esters is 1. The molecule has 0 atom stereocenters. The Balaban J connectivity index is 4.01. The molecule has 0 radical (unpaired) electrons. The maximum Gasteiger partial charge on any atom is 0.376 e. The number of ether oxygens (including phenoxy) is 1. The lowest BCUT2D eigenvalue weighted by Gasteiger charge is -2.10. The van der Waals surface area contributed by atoms with Gasteiger partial charge in [0, 0.05) is 12.8 Å². The number of methoxy groups -OCH3 is 1. The summed E-state index contributed by atoms with van der Waals surface area (Å²) in [6.45, 7) is 0. The molecule has 0 aromatic rings. The van der Waals surface area contributed by atoms with E-state index < -0.39 is 18.3 Å². The minimum absolute atomic E-state index is 0.359. The standard InChI is InChI=1S/C6H7F2NO2/c1-11-5(10)6(7,8)3-2-4-9/h2-3H2,1H3. The zero-order valence-corrected chi connectivity index (χ0v) is 5.93. The van der Waals surface area contributed by atoms with Crippen LogP contribution in [0.3, 0.4) is 0 Å². The van der Waals surface area contributed by atoms with Gasteiger partial charge in [0.2, 0.25) is 0 Å². The van der Waals surface area contributed by atoms with Crippen molar-refractivity contribution in [1.82, 2.24) is 0 Å². The Morgan fingerprint density at radius 2 is 2.27 bits per heavy atom. The molecule has 0 bridgehead atoms. The van der Waals surface area contributed by atoms with Crippen molar-refractivity contribution in [3.05, 3.63) is 0 Å². The summed E-state index contributed by atoms with van der Waals surface area (Å²) in [5.41, 5.74) is 0. The van der Waals surface area contributed by atoms with Gasteiger partial charge in [0.05, 0.1) is 13.2 Å². The van der Waals surface area contributed by atoms with E-state index in [0.717, 1.165) is 7.11 Å². The molecule has 0 aromatic carbocycles. The second kappa shape index (κ2) is 3.86. The van der Waals surface area contributed by atoms with Crippen LogP contribution < -0.4 is 0 Å². The Kier molecular flexibility index (Phi) is 3.45. The summed E-state index contributed by atoms with van der Waals surface area (Å²) in [6.07, 6.45) is -1.14. The Morgan fingerprint density at radius 3 is 2.64 bits per heavy atom. The van der Waals surface area contributed by atoms with Crippen LogP contribution in [-0.4, -0.2) is 19.0 Å². The van der Waals surface area contributed by atoms with Gasteiger partial charge in [-0.05, 0) is 0 Å². The molecule has 0 rings (SSSR count). The van der Waals surface area contributed by atoms with Crippen molar-refractivity contribution in [2.24, 2.45) is 0 Å². The number of nitriles is 1. The van der Waals surface area contributed by atoms with E-state index in [2.05, 4.69) is 4.74 Å². The third-order valence-corrected chi connectivity index (χ3v) is 1.03. The first-order chi connectivity index (χ1) is 5.04. The van der Waals surface area contributed by atoms with Gasteiger partial charge in [0.25, 0.3) is 0 Å². The molecule has 11 heavy (non-hydrogen) atoms. The molecule has 0 unspecified atom stereocenters. The van der Waals surface area contributed by atoms with Crippen molar-refractivity contribution in [1.29, 1.82) is 5.26 Å². The molecular formula is C6H7F2NO2. The van der Waals surface area contributed by atoms with Crippen molar-refractivity contribution in [2.75, 3.05) is 7.11 Å². The van der Waals surface area contributed by atoms with Crippen LogP contribution in [-0.2, 0) is 9.53 Å². The summed E-state index contributed by atoms with van der Waals surface area (Å²) in [5.74, 6) is -5.11. The lowest BCUT2D eigenvalue weighted by atomic mass is 10.2. The molecule has 0 aliphatic heterocycles. The summed E-state index contributed by atoms with van der Waals surface area (Å²) in [5, 5.41) is 7.95. The summed E-state index contributed by atoms with van der Waals surface area (Å²) in [6, 6.07) is 1.51. The van der Waals surface area contributed by atoms with Crippen LogP contribution in [0.4, 0.5) is 8.78 Å². The minimum Gasteiger partial charge on any atom is -0.465 e. The first-order valence-corrected chi connectivity index (χ1v) is 2.88. The number of hydrogen-bond donors (Lipinski definition) is 0. The van der Waals surface area contributed by atoms with Crippen LogP contribution in [0.5, 0.6) is 0 Å². The van der Waals surface area contributed by atoms with Crippen molar-refractivity contribution in [3.8, 4) is 6.07 Å². The lowest BCUT2D eigenvalue weighted by molar-refractivity contribution is -0.169. The Labute approximate surface area is 62.6 Å². The fourth-order valence-electron chi connectivity index (χ4n) is 0.464. The molecule has 0 heterocycles. The van der Waals surface area contributed by atoms with Crippen LogP contribution in [0, 0.1) is 11.3 Å². The van der Waals surface area contributed by atoms with Crippen LogP contribution in [0.1, 0.15) is 12.8 Å². The van der Waals surface area contributed by atoms with E-state index >= 15 is 0 Å². The molecule has 62 valence electrons. The van der Waals surface area contributed by atoms with Gasteiger partial charge in [-0.3, -0.25) is 0 Å². The van der Waals surface area contributed by atoms with E-state index in [4.69, 9.17) is 5.26 Å². The van der Waals surface area contributed by atoms with Crippen LogP contribution in [0.25, 0.3) is 0 Å². The molecule has 3 nitrogen and oxygen atoms in total. The van der Waals surface area contributed by atoms with Crippen LogP contribution >= 0.6 is 0 Å². The van der Waals surface area contributed by atoms with Gasteiger partial charge in [0.15, 0.2) is 0 Å². The average molecular weight is 163 g/mol. The minimum atomic E-state index is -3.52. The lowest BCUT2D eigenvalue weighted by Crippen LogP contribution is -2.29. The predicted molar refractivity (Wildman–Crippen MR) is 31.8 cm³/mol. The second-order valence-corrected chi connectivity index (χ2v) is 1.85. The Morgan fingerprint density at radius 1 is 1.73 bits per heavy atom. The number of carbonyl (C=O) groups is 1. The van der Waals surface area contributed by atoms with Gasteiger partial charge in [-0.15, -0.1) is 0 Å². The zero-order chi connectivity index (χ0) is 8.91. The Hall–Kier alpha value is -1.18. The summed E-state index contributed by atoms with van der Waals surface area (Å²) in [7, 11) is 0.878. The third-order valence-electron chi connectivity index (χ3n) is 1.03. The summed E-state index contributed by atoms with van der Waals surface area (Å²) >= 11 is 0. The van der Waals surface area contributed by atoms with E-state index in [1.165, 1.54) is 6.07 Å². The number of halogens is 2. The molecule has 0 aliphatic carbocycles. The highest BCUT2D eigenvalue weighted by Crippen LogP contribution is 2.21. The monoisotopic (exact) mass is 163 g/mol. The van der Waals surface area contributed by atoms with Gasteiger partial charge in [0.1, 0.15) is 0 Å². The molecular weight excluding hydrogens is 156 g/mol. The first kappa shape index (κ1) is 9.82. The van der Waals surface area contributed by atoms with Crippen molar-refractivity contribution in [3.63, 3.8) is 0 Å². The highest BCUT2D eigenvalue weighted by molar-refractivity contribution is 5.77. The van der Waals surface area contributed by atoms with Gasteiger partial charge in [-0.25, -0.2) is 4.79 Å². The molecule has 0 amide bonds. The van der Waals surface area contributed by atoms with Gasteiger partial charge in [-0.1, -0.05) is 0 Å². The molecule has 0 aliphatic rings. The van der Waals surface area contributed by atoms with Crippen LogP contribution in [0.2, 0.25) is 0 Å². The quantitative estimate of drug-likeness (QED) is 0.585. The van der Waals surface area contributed by atoms with E-state index in [-0.39, 0.29) is 6.42 Å². The fraction of sp³-hybridized carbons (Fsp3) is 0.667. The maximum absolute atomic E-state index is 12.4. The van der Waals surface area contributed by atoms with E-state index in [1.54, 1.807) is 0 Å². The number of rotatable bonds is 3. The highest BCUT2D eigenvalue weighted by atomic mass is 19.3. The normalized spacial score (nSPS) is 10.4. The van der Waals surface area contributed by atoms with E-state index in [1.807, 2.05) is 0 Å².